The van der Waals surface area contributed by atoms with Crippen LogP contribution in [-0.2, 0) is 32.7 Å². The standard InChI is InChI=1S/C8H15N.Y/c1-4-8-7(2)5-6-9(8)3;/h7-8H,1-2,4-6H2,3H3;/q-2;. The number of likely N-dealkylation sites (tertiary alicyclic amines) is 1. The predicted molar refractivity (Wildman–Crippen MR) is 39.9 cm³/mol. The van der Waals surface area contributed by atoms with E-state index in [4.69, 9.17) is 0 Å². The Morgan fingerprint density at radius 3 is 2.40 bits per heavy atom. The zero-order valence-electron chi connectivity index (χ0n) is 6.71. The molecule has 1 aliphatic rings. The molecule has 1 aliphatic heterocycles. The Morgan fingerprint density at radius 2 is 2.20 bits per heavy atom. The number of nitrogens with zero attached hydrogens (tertiary/aromatic N) is 1. The van der Waals surface area contributed by atoms with Crippen molar-refractivity contribution in [1.29, 1.82) is 0 Å². The molecule has 1 radical (unpaired) electrons. The van der Waals surface area contributed by atoms with Crippen LogP contribution in [0.5, 0.6) is 0 Å². The molecule has 2 atom stereocenters. The molecule has 0 aliphatic carbocycles. The second kappa shape index (κ2) is 4.84. The van der Waals surface area contributed by atoms with E-state index in [0.29, 0.717) is 12.0 Å². The third kappa shape index (κ3) is 2.28. The van der Waals surface area contributed by atoms with Gasteiger partial charge in [0.05, 0.1) is 0 Å². The molecular formula is C8H15NY-2. The number of hydrogen-bond acceptors (Lipinski definition) is 1. The van der Waals surface area contributed by atoms with Crippen molar-refractivity contribution in [2.24, 2.45) is 5.92 Å². The Labute approximate surface area is 89.4 Å². The van der Waals surface area contributed by atoms with Gasteiger partial charge in [-0.25, -0.2) is 0 Å². The molecule has 0 bridgehead atoms. The molecule has 0 aromatic rings. The first-order chi connectivity index (χ1) is 4.25. The first-order valence-electron chi connectivity index (χ1n) is 3.58. The van der Waals surface area contributed by atoms with Crippen molar-refractivity contribution in [1.82, 2.24) is 4.90 Å². The van der Waals surface area contributed by atoms with E-state index in [1.165, 1.54) is 13.0 Å². The fourth-order valence-corrected chi connectivity index (χ4v) is 1.54. The van der Waals surface area contributed by atoms with Gasteiger partial charge in [-0.2, -0.15) is 12.3 Å². The fraction of sp³-hybridized carbons (Fsp3) is 0.750. The van der Waals surface area contributed by atoms with Gasteiger partial charge in [-0.15, -0.1) is 0 Å². The van der Waals surface area contributed by atoms with Crippen molar-refractivity contribution in [3.63, 3.8) is 0 Å². The van der Waals surface area contributed by atoms with Crippen molar-refractivity contribution in [3.05, 3.63) is 13.8 Å². The molecule has 2 unspecified atom stereocenters. The molecule has 57 valence electrons. The van der Waals surface area contributed by atoms with Crippen LogP contribution in [0.3, 0.4) is 0 Å². The van der Waals surface area contributed by atoms with Gasteiger partial charge in [0.15, 0.2) is 0 Å². The zero-order chi connectivity index (χ0) is 6.85. The van der Waals surface area contributed by atoms with Gasteiger partial charge in [0.1, 0.15) is 0 Å². The van der Waals surface area contributed by atoms with Crippen molar-refractivity contribution in [2.45, 2.75) is 18.9 Å². The molecule has 0 amide bonds. The first-order valence-corrected chi connectivity index (χ1v) is 3.58. The molecule has 1 saturated heterocycles. The minimum atomic E-state index is 0. The normalized spacial score (nSPS) is 33.9. The van der Waals surface area contributed by atoms with Gasteiger partial charge < -0.3 is 18.7 Å². The maximum Gasteiger partial charge on any atom is 0 e. The van der Waals surface area contributed by atoms with Crippen molar-refractivity contribution >= 4 is 0 Å². The SMILES string of the molecule is [CH2-]CC1C([CH2-])CCN1C.[Y]. The van der Waals surface area contributed by atoms with Gasteiger partial charge >= 0.3 is 0 Å². The Kier molecular flexibility index (Phi) is 5.36. The van der Waals surface area contributed by atoms with Gasteiger partial charge in [-0.3, -0.25) is 0 Å². The van der Waals surface area contributed by atoms with Gasteiger partial charge in [0.2, 0.25) is 0 Å². The van der Waals surface area contributed by atoms with Crippen LogP contribution in [0, 0.1) is 19.8 Å². The summed E-state index contributed by atoms with van der Waals surface area (Å²) in [7, 11) is 2.15. The molecule has 10 heavy (non-hydrogen) atoms. The zero-order valence-corrected chi connectivity index (χ0v) is 9.55. The summed E-state index contributed by atoms with van der Waals surface area (Å²) < 4.78 is 0. The van der Waals surface area contributed by atoms with Crippen LogP contribution < -0.4 is 0 Å². The fourth-order valence-electron chi connectivity index (χ4n) is 1.54. The summed E-state index contributed by atoms with van der Waals surface area (Å²) in [5.41, 5.74) is 0. The monoisotopic (exact) mass is 214 g/mol. The third-order valence-corrected chi connectivity index (χ3v) is 2.26. The Morgan fingerprint density at radius 1 is 1.60 bits per heavy atom. The second-order valence-electron chi connectivity index (χ2n) is 2.89. The minimum absolute atomic E-state index is 0. The van der Waals surface area contributed by atoms with E-state index < -0.39 is 0 Å². The first kappa shape index (κ1) is 11.1. The van der Waals surface area contributed by atoms with E-state index in [1.807, 2.05) is 0 Å². The number of rotatable bonds is 1. The van der Waals surface area contributed by atoms with Crippen molar-refractivity contribution in [2.75, 3.05) is 13.6 Å². The van der Waals surface area contributed by atoms with E-state index in [-0.39, 0.29) is 32.7 Å². The maximum absolute atomic E-state index is 4.06. The van der Waals surface area contributed by atoms with Crippen molar-refractivity contribution in [3.8, 4) is 0 Å². The van der Waals surface area contributed by atoms with Crippen molar-refractivity contribution < 1.29 is 32.7 Å². The Hall–Kier alpha value is 1.06. The molecule has 1 nitrogen and oxygen atoms in total. The predicted octanol–water partition coefficient (Wildman–Crippen LogP) is 1.36. The molecule has 1 heterocycles. The smallest absolute Gasteiger partial charge is 0 e. The van der Waals surface area contributed by atoms with E-state index in [9.17, 15) is 0 Å². The third-order valence-electron chi connectivity index (χ3n) is 2.26. The molecule has 0 aromatic carbocycles. The van der Waals surface area contributed by atoms with E-state index >= 15 is 0 Å². The molecular weight excluding hydrogens is 199 g/mol. The average Bonchev–Trinajstić information content (AvgIpc) is 2.12. The van der Waals surface area contributed by atoms with Crippen LogP contribution in [0.2, 0.25) is 0 Å². The van der Waals surface area contributed by atoms with Gasteiger partial charge in [0.25, 0.3) is 0 Å². The summed E-state index contributed by atoms with van der Waals surface area (Å²) in [6, 6.07) is 0.644. The molecule has 2 heteroatoms. The molecule has 1 rings (SSSR count). The van der Waals surface area contributed by atoms with Crippen LogP contribution in [0.4, 0.5) is 0 Å². The summed E-state index contributed by atoms with van der Waals surface area (Å²) in [6.45, 7) is 9.15. The molecule has 0 aromatic heterocycles. The summed E-state index contributed by atoms with van der Waals surface area (Å²) in [6.07, 6.45) is 2.25. The summed E-state index contributed by atoms with van der Waals surface area (Å²) in [5.74, 6) is 0.618. The van der Waals surface area contributed by atoms with Crippen LogP contribution in [0.15, 0.2) is 0 Å². The van der Waals surface area contributed by atoms with E-state index in [0.717, 1.165) is 6.42 Å². The summed E-state index contributed by atoms with van der Waals surface area (Å²) in [5, 5.41) is 0. The minimum Gasteiger partial charge on any atom is -0.342 e. The summed E-state index contributed by atoms with van der Waals surface area (Å²) >= 11 is 0. The Balaban J connectivity index is 0.000000810. The average molecular weight is 214 g/mol. The van der Waals surface area contributed by atoms with Gasteiger partial charge in [-0.05, 0) is 19.6 Å². The summed E-state index contributed by atoms with van der Waals surface area (Å²) in [4.78, 5) is 2.35. The topological polar surface area (TPSA) is 3.24 Å². The number of hydrogen-bond donors (Lipinski definition) is 0. The van der Waals surface area contributed by atoms with Crippen LogP contribution in [0.1, 0.15) is 12.8 Å². The van der Waals surface area contributed by atoms with Gasteiger partial charge in [-0.1, -0.05) is 6.42 Å². The van der Waals surface area contributed by atoms with E-state index in [2.05, 4.69) is 25.8 Å². The molecule has 0 spiro atoms. The quantitative estimate of drug-likeness (QED) is 0.596. The Bertz CT molecular complexity index is 85.3. The maximum atomic E-state index is 4.06. The van der Waals surface area contributed by atoms with Crippen LogP contribution in [-0.4, -0.2) is 24.5 Å². The molecule has 1 fully saturated rings. The largest absolute Gasteiger partial charge is 0.342 e. The molecule has 0 saturated carbocycles. The molecule has 0 N–H and O–H groups in total. The second-order valence-corrected chi connectivity index (χ2v) is 2.89. The van der Waals surface area contributed by atoms with Gasteiger partial charge in [0, 0.05) is 32.7 Å². The van der Waals surface area contributed by atoms with Crippen LogP contribution in [0.25, 0.3) is 0 Å². The van der Waals surface area contributed by atoms with E-state index in [1.54, 1.807) is 0 Å². The van der Waals surface area contributed by atoms with Crippen LogP contribution >= 0.6 is 0 Å².